The summed E-state index contributed by atoms with van der Waals surface area (Å²) in [4.78, 5) is 27.7. The highest BCUT2D eigenvalue weighted by molar-refractivity contribution is 6.74. The lowest BCUT2D eigenvalue weighted by Gasteiger charge is -2.46. The van der Waals surface area contributed by atoms with Crippen molar-refractivity contribution in [1.82, 2.24) is 0 Å². The van der Waals surface area contributed by atoms with Gasteiger partial charge in [0.15, 0.2) is 16.6 Å². The number of ether oxygens (including phenoxy) is 1. The monoisotopic (exact) mass is 590 g/mol. The van der Waals surface area contributed by atoms with E-state index >= 15 is 0 Å². The average molecular weight is 591 g/mol. The maximum absolute atomic E-state index is 14.5. The highest BCUT2D eigenvalue weighted by atomic mass is 28.4. The smallest absolute Gasteiger partial charge is 0.313 e. The van der Waals surface area contributed by atoms with Gasteiger partial charge in [0.25, 0.3) is 0 Å². The average Bonchev–Trinajstić information content (AvgIpc) is 2.80. The summed E-state index contributed by atoms with van der Waals surface area (Å²) < 4.78 is 19.5. The zero-order valence-corrected chi connectivity index (χ0v) is 29.9. The van der Waals surface area contributed by atoms with Gasteiger partial charge in [-0.25, -0.2) is 0 Å². The van der Waals surface area contributed by atoms with Gasteiger partial charge in [-0.05, 0) is 60.7 Å². The van der Waals surface area contributed by atoms with Crippen LogP contribution in [0.2, 0.25) is 36.3 Å². The molecule has 0 amide bonds. The van der Waals surface area contributed by atoms with Crippen LogP contribution in [0.25, 0.3) is 0 Å². The number of Topliss-reactive ketones (excluding diaryl/α,β-unsaturated/α-hetero) is 1. The molecule has 0 heterocycles. The fourth-order valence-electron chi connectivity index (χ4n) is 4.31. The van der Waals surface area contributed by atoms with Crippen molar-refractivity contribution in [3.05, 3.63) is 43.0 Å². The van der Waals surface area contributed by atoms with Crippen molar-refractivity contribution in [3.8, 4) is 5.75 Å². The maximum atomic E-state index is 14.5. The number of hydrogen-bond acceptors (Lipinski definition) is 5. The van der Waals surface area contributed by atoms with Gasteiger partial charge < -0.3 is 13.6 Å². The number of ketones is 1. The third-order valence-corrected chi connectivity index (χ3v) is 18.2. The lowest BCUT2D eigenvalue weighted by molar-refractivity contribution is -0.145. The van der Waals surface area contributed by atoms with E-state index in [1.165, 1.54) is 0 Å². The van der Waals surface area contributed by atoms with Gasteiger partial charge in [0.05, 0.1) is 18.6 Å². The van der Waals surface area contributed by atoms with E-state index in [1.807, 2.05) is 45.0 Å². The van der Waals surface area contributed by atoms with E-state index in [0.717, 1.165) is 6.42 Å². The lowest BCUT2D eigenvalue weighted by Crippen LogP contribution is -2.54. The zero-order chi connectivity index (χ0) is 31.3. The Balaban J connectivity index is 3.45. The molecule has 0 bridgehead atoms. The summed E-state index contributed by atoms with van der Waals surface area (Å²) >= 11 is 0. The number of para-hydroxylation sites is 1. The molecule has 0 fully saturated rings. The van der Waals surface area contributed by atoms with Crippen molar-refractivity contribution in [3.63, 3.8) is 0 Å². The summed E-state index contributed by atoms with van der Waals surface area (Å²) in [7, 11) is -4.51. The molecule has 0 unspecified atom stereocenters. The number of carbonyl (C=O) groups excluding carboxylic acids is 2. The van der Waals surface area contributed by atoms with Crippen molar-refractivity contribution in [1.29, 1.82) is 0 Å². The minimum absolute atomic E-state index is 0.00656. The Morgan fingerprint density at radius 2 is 1.32 bits per heavy atom. The van der Waals surface area contributed by atoms with Crippen LogP contribution in [0, 0.1) is 17.3 Å². The molecule has 228 valence electrons. The SMILES string of the molecule is C=CC[C@H](C)[C@H](O[Si](C)(C)C(C)(C)C)[C@@H](C)C(=O)C(C)(C)[C@H](CC(=O)Oc1ccccc1)O[Si](C)(C)C(C)(C)C. The van der Waals surface area contributed by atoms with Crippen LogP contribution < -0.4 is 4.74 Å². The normalized spacial score (nSPS) is 16.6. The van der Waals surface area contributed by atoms with Gasteiger partial charge in [-0.3, -0.25) is 9.59 Å². The molecule has 0 aromatic heterocycles. The summed E-state index contributed by atoms with van der Waals surface area (Å²) in [5.41, 5.74) is -0.951. The van der Waals surface area contributed by atoms with Crippen molar-refractivity contribution >= 4 is 28.4 Å². The molecular weight excluding hydrogens is 533 g/mol. The predicted molar refractivity (Wildman–Crippen MR) is 173 cm³/mol. The Morgan fingerprint density at radius 1 is 0.850 bits per heavy atom. The Bertz CT molecular complexity index is 986. The quantitative estimate of drug-likeness (QED) is 0.0935. The zero-order valence-electron chi connectivity index (χ0n) is 27.9. The summed E-state index contributed by atoms with van der Waals surface area (Å²) in [5, 5.41) is -0.0849. The van der Waals surface area contributed by atoms with Crippen molar-refractivity contribution in [2.24, 2.45) is 17.3 Å². The third kappa shape index (κ3) is 9.50. The van der Waals surface area contributed by atoms with Gasteiger partial charge in [0.1, 0.15) is 11.5 Å². The molecule has 0 radical (unpaired) electrons. The third-order valence-electron chi connectivity index (χ3n) is 9.25. The molecule has 0 aliphatic carbocycles. The van der Waals surface area contributed by atoms with Gasteiger partial charge in [0.2, 0.25) is 0 Å². The Kier molecular flexibility index (Phi) is 12.4. The van der Waals surface area contributed by atoms with Crippen molar-refractivity contribution in [2.75, 3.05) is 0 Å². The van der Waals surface area contributed by atoms with Gasteiger partial charge >= 0.3 is 5.97 Å². The molecule has 0 saturated heterocycles. The second-order valence-electron chi connectivity index (χ2n) is 15.1. The fourth-order valence-corrected chi connectivity index (χ4v) is 7.22. The molecule has 1 aromatic carbocycles. The summed E-state index contributed by atoms with van der Waals surface area (Å²) in [5.74, 6) is -0.156. The second-order valence-corrected chi connectivity index (χ2v) is 24.6. The topological polar surface area (TPSA) is 61.8 Å². The van der Waals surface area contributed by atoms with Crippen LogP contribution in [0.3, 0.4) is 0 Å². The number of esters is 1. The van der Waals surface area contributed by atoms with Crippen LogP contribution in [-0.2, 0) is 18.4 Å². The molecule has 7 heteroatoms. The maximum Gasteiger partial charge on any atom is 0.313 e. The molecular formula is C33H58O5Si2. The molecule has 0 aliphatic rings. The van der Waals surface area contributed by atoms with Crippen LogP contribution >= 0.6 is 0 Å². The molecule has 5 nitrogen and oxygen atoms in total. The molecule has 1 rings (SSSR count). The largest absolute Gasteiger partial charge is 0.426 e. The molecule has 4 atom stereocenters. The van der Waals surface area contributed by atoms with E-state index in [2.05, 4.69) is 81.2 Å². The van der Waals surface area contributed by atoms with E-state index in [0.29, 0.717) is 5.75 Å². The minimum Gasteiger partial charge on any atom is -0.426 e. The summed E-state index contributed by atoms with van der Waals surface area (Å²) in [6.07, 6.45) is 1.74. The van der Waals surface area contributed by atoms with Crippen LogP contribution in [0.15, 0.2) is 43.0 Å². The second kappa shape index (κ2) is 13.6. The number of allylic oxidation sites excluding steroid dienone is 1. The summed E-state index contributed by atoms with van der Waals surface area (Å²) in [6.45, 7) is 33.8. The first-order chi connectivity index (χ1) is 18.0. The standard InChI is InChI=1S/C33H58O5Si2/c1-16-20-24(2)29(38-40(14,15)32(7,8)9)25(3)30(35)33(10,11)27(37-39(12,13)31(4,5)6)23-28(34)36-26-21-18-17-19-22-26/h16-19,21-22,24-25,27,29H,1,20,23H2,2-15H3/t24-,25+,27-,29-/m0/s1. The van der Waals surface area contributed by atoms with E-state index in [4.69, 9.17) is 13.6 Å². The van der Waals surface area contributed by atoms with E-state index in [-0.39, 0.29) is 34.3 Å². The van der Waals surface area contributed by atoms with Crippen LogP contribution in [-0.4, -0.2) is 40.6 Å². The Hall–Kier alpha value is -1.55. The number of carbonyl (C=O) groups is 2. The first-order valence-electron chi connectivity index (χ1n) is 14.7. The first-order valence-corrected chi connectivity index (χ1v) is 20.6. The van der Waals surface area contributed by atoms with Crippen molar-refractivity contribution < 1.29 is 23.2 Å². The van der Waals surface area contributed by atoms with Gasteiger partial charge in [-0.2, -0.15) is 0 Å². The minimum atomic E-state index is -2.34. The lowest BCUT2D eigenvalue weighted by atomic mass is 9.73. The predicted octanol–water partition coefficient (Wildman–Crippen LogP) is 9.21. The summed E-state index contributed by atoms with van der Waals surface area (Å²) in [6, 6.07) is 9.04. The van der Waals surface area contributed by atoms with Crippen LogP contribution in [0.4, 0.5) is 0 Å². The molecule has 40 heavy (non-hydrogen) atoms. The first kappa shape index (κ1) is 36.5. The molecule has 0 spiro atoms. The number of hydrogen-bond donors (Lipinski definition) is 0. The molecule has 1 aromatic rings. The Morgan fingerprint density at radius 3 is 1.77 bits per heavy atom. The van der Waals surface area contributed by atoms with Crippen LogP contribution in [0.5, 0.6) is 5.75 Å². The van der Waals surface area contributed by atoms with Crippen molar-refractivity contribution in [2.45, 2.75) is 131 Å². The highest BCUT2D eigenvalue weighted by Gasteiger charge is 2.50. The number of rotatable bonds is 14. The number of benzene rings is 1. The highest BCUT2D eigenvalue weighted by Crippen LogP contribution is 2.44. The Labute approximate surface area is 247 Å². The fraction of sp³-hybridized carbons (Fsp3) is 0.697. The van der Waals surface area contributed by atoms with Crippen LogP contribution in [0.1, 0.15) is 82.1 Å². The molecule has 0 N–H and O–H groups in total. The van der Waals surface area contributed by atoms with Gasteiger partial charge in [0, 0.05) is 11.3 Å². The molecule has 0 saturated carbocycles. The van der Waals surface area contributed by atoms with Gasteiger partial charge in [-0.1, -0.05) is 93.5 Å². The van der Waals surface area contributed by atoms with Gasteiger partial charge in [-0.15, -0.1) is 6.58 Å². The van der Waals surface area contributed by atoms with E-state index in [1.54, 1.807) is 12.1 Å². The molecule has 0 aliphatic heterocycles. The van der Waals surface area contributed by atoms with E-state index in [9.17, 15) is 9.59 Å². The van der Waals surface area contributed by atoms with E-state index < -0.39 is 40.0 Å².